The number of rotatable bonds is 4. The second kappa shape index (κ2) is 5.77. The standard InChI is InChI=1S/C12H19N3O2S/c1-11-5-8-15(9-6-11)18(16,17)14-10-12-4-2-3-7-13-12/h2-4,7,11,14H,5-6,8-10H2,1H3. The van der Waals surface area contributed by atoms with Gasteiger partial charge in [-0.1, -0.05) is 13.0 Å². The van der Waals surface area contributed by atoms with Gasteiger partial charge in [0.2, 0.25) is 0 Å². The number of piperidine rings is 1. The third-order valence-electron chi connectivity index (χ3n) is 3.24. The molecule has 1 saturated heterocycles. The lowest BCUT2D eigenvalue weighted by Gasteiger charge is -2.29. The molecule has 1 aliphatic heterocycles. The molecule has 1 N–H and O–H groups in total. The van der Waals surface area contributed by atoms with Crippen molar-refractivity contribution in [3.05, 3.63) is 30.1 Å². The van der Waals surface area contributed by atoms with Crippen LogP contribution >= 0.6 is 0 Å². The first-order valence-electron chi connectivity index (χ1n) is 6.22. The monoisotopic (exact) mass is 269 g/mol. The third kappa shape index (κ3) is 3.51. The molecule has 0 radical (unpaired) electrons. The van der Waals surface area contributed by atoms with Gasteiger partial charge >= 0.3 is 0 Å². The van der Waals surface area contributed by atoms with Gasteiger partial charge in [-0.3, -0.25) is 4.98 Å². The minimum Gasteiger partial charge on any atom is -0.260 e. The van der Waals surface area contributed by atoms with Gasteiger partial charge in [0, 0.05) is 19.3 Å². The summed E-state index contributed by atoms with van der Waals surface area (Å²) in [7, 11) is -3.36. The van der Waals surface area contributed by atoms with E-state index in [1.54, 1.807) is 12.3 Å². The molecule has 6 heteroatoms. The van der Waals surface area contributed by atoms with Crippen molar-refractivity contribution in [2.24, 2.45) is 5.92 Å². The Morgan fingerprint density at radius 2 is 2.11 bits per heavy atom. The third-order valence-corrected chi connectivity index (χ3v) is 4.80. The quantitative estimate of drug-likeness (QED) is 0.892. The first-order chi connectivity index (χ1) is 8.58. The minimum absolute atomic E-state index is 0.245. The Hall–Kier alpha value is -0.980. The number of nitrogens with zero attached hydrogens (tertiary/aromatic N) is 2. The molecular formula is C12H19N3O2S. The van der Waals surface area contributed by atoms with Crippen LogP contribution in [0.25, 0.3) is 0 Å². The van der Waals surface area contributed by atoms with Gasteiger partial charge in [-0.05, 0) is 30.9 Å². The Morgan fingerprint density at radius 3 is 2.72 bits per heavy atom. The van der Waals surface area contributed by atoms with Gasteiger partial charge in [0.25, 0.3) is 10.2 Å². The summed E-state index contributed by atoms with van der Waals surface area (Å²) in [6, 6.07) is 5.46. The van der Waals surface area contributed by atoms with Crippen molar-refractivity contribution < 1.29 is 8.42 Å². The number of nitrogens with one attached hydrogen (secondary N) is 1. The molecule has 0 saturated carbocycles. The molecule has 0 atom stereocenters. The molecule has 2 heterocycles. The van der Waals surface area contributed by atoms with E-state index < -0.39 is 10.2 Å². The number of hydrogen-bond acceptors (Lipinski definition) is 3. The molecule has 2 rings (SSSR count). The molecule has 1 aliphatic rings. The fourth-order valence-electron chi connectivity index (χ4n) is 1.98. The van der Waals surface area contributed by atoms with Crippen LogP contribution in [0.5, 0.6) is 0 Å². The summed E-state index contributed by atoms with van der Waals surface area (Å²) in [6.45, 7) is 3.62. The molecule has 0 aliphatic carbocycles. The van der Waals surface area contributed by atoms with E-state index in [1.165, 1.54) is 4.31 Å². The van der Waals surface area contributed by atoms with E-state index in [-0.39, 0.29) is 6.54 Å². The molecule has 0 bridgehead atoms. The summed E-state index contributed by atoms with van der Waals surface area (Å²) < 4.78 is 28.2. The smallest absolute Gasteiger partial charge is 0.260 e. The number of aromatic nitrogens is 1. The second-order valence-corrected chi connectivity index (χ2v) is 6.48. The molecular weight excluding hydrogens is 250 g/mol. The lowest BCUT2D eigenvalue weighted by Crippen LogP contribution is -2.44. The summed E-state index contributed by atoms with van der Waals surface area (Å²) in [6.07, 6.45) is 3.53. The highest BCUT2D eigenvalue weighted by molar-refractivity contribution is 7.87. The largest absolute Gasteiger partial charge is 0.279 e. The summed E-state index contributed by atoms with van der Waals surface area (Å²) in [5.74, 6) is 0.618. The van der Waals surface area contributed by atoms with Crippen molar-refractivity contribution in [1.82, 2.24) is 14.0 Å². The van der Waals surface area contributed by atoms with Crippen LogP contribution < -0.4 is 4.72 Å². The lowest BCUT2D eigenvalue weighted by atomic mass is 10.0. The maximum absolute atomic E-state index is 12.1. The van der Waals surface area contributed by atoms with Gasteiger partial charge < -0.3 is 0 Å². The van der Waals surface area contributed by atoms with Gasteiger partial charge in [0.05, 0.1) is 12.2 Å². The molecule has 1 aromatic rings. The lowest BCUT2D eigenvalue weighted by molar-refractivity contribution is 0.285. The van der Waals surface area contributed by atoms with E-state index in [0.717, 1.165) is 18.5 Å². The van der Waals surface area contributed by atoms with Crippen LogP contribution in [0, 0.1) is 5.92 Å². The van der Waals surface area contributed by atoms with Crippen molar-refractivity contribution in [1.29, 1.82) is 0 Å². The first kappa shape index (κ1) is 13.5. The Kier molecular flexibility index (Phi) is 4.31. The zero-order valence-electron chi connectivity index (χ0n) is 10.5. The highest BCUT2D eigenvalue weighted by Gasteiger charge is 2.25. The fraction of sp³-hybridized carbons (Fsp3) is 0.583. The van der Waals surface area contributed by atoms with E-state index >= 15 is 0 Å². The van der Waals surface area contributed by atoms with E-state index in [9.17, 15) is 8.42 Å². The molecule has 0 unspecified atom stereocenters. The molecule has 5 nitrogen and oxygen atoms in total. The Balaban J connectivity index is 1.91. The highest BCUT2D eigenvalue weighted by Crippen LogP contribution is 2.17. The SMILES string of the molecule is CC1CCN(S(=O)(=O)NCc2ccccn2)CC1. The summed E-state index contributed by atoms with van der Waals surface area (Å²) in [5, 5.41) is 0. The summed E-state index contributed by atoms with van der Waals surface area (Å²) >= 11 is 0. The van der Waals surface area contributed by atoms with Crippen LogP contribution in [0.3, 0.4) is 0 Å². The Morgan fingerprint density at radius 1 is 1.39 bits per heavy atom. The van der Waals surface area contributed by atoms with Crippen molar-refractivity contribution in [2.75, 3.05) is 13.1 Å². The van der Waals surface area contributed by atoms with E-state index in [0.29, 0.717) is 19.0 Å². The average molecular weight is 269 g/mol. The number of hydrogen-bond donors (Lipinski definition) is 1. The average Bonchev–Trinajstić information content (AvgIpc) is 2.38. The van der Waals surface area contributed by atoms with Crippen molar-refractivity contribution >= 4 is 10.2 Å². The van der Waals surface area contributed by atoms with Crippen LogP contribution in [-0.2, 0) is 16.8 Å². The minimum atomic E-state index is -3.36. The van der Waals surface area contributed by atoms with Gasteiger partial charge in [0.1, 0.15) is 0 Å². The zero-order chi connectivity index (χ0) is 13.0. The van der Waals surface area contributed by atoms with E-state index in [4.69, 9.17) is 0 Å². The van der Waals surface area contributed by atoms with Crippen LogP contribution in [0.1, 0.15) is 25.5 Å². The normalized spacial score (nSPS) is 18.9. The highest BCUT2D eigenvalue weighted by atomic mass is 32.2. The van der Waals surface area contributed by atoms with Gasteiger partial charge in [-0.15, -0.1) is 0 Å². The van der Waals surface area contributed by atoms with Gasteiger partial charge in [-0.25, -0.2) is 0 Å². The molecule has 18 heavy (non-hydrogen) atoms. The van der Waals surface area contributed by atoms with E-state index in [2.05, 4.69) is 16.6 Å². The van der Waals surface area contributed by atoms with Crippen LogP contribution in [0.2, 0.25) is 0 Å². The maximum atomic E-state index is 12.1. The predicted molar refractivity (Wildman–Crippen MR) is 70.0 cm³/mol. The van der Waals surface area contributed by atoms with Crippen molar-refractivity contribution in [3.63, 3.8) is 0 Å². The topological polar surface area (TPSA) is 62.3 Å². The van der Waals surface area contributed by atoms with Crippen LogP contribution in [-0.4, -0.2) is 30.8 Å². The molecule has 0 spiro atoms. The van der Waals surface area contributed by atoms with Gasteiger partial charge in [0.15, 0.2) is 0 Å². The molecule has 1 fully saturated rings. The maximum Gasteiger partial charge on any atom is 0.279 e. The fourth-order valence-corrected chi connectivity index (χ4v) is 3.19. The van der Waals surface area contributed by atoms with Gasteiger partial charge in [-0.2, -0.15) is 17.4 Å². The van der Waals surface area contributed by atoms with Crippen molar-refractivity contribution in [3.8, 4) is 0 Å². The second-order valence-electron chi connectivity index (χ2n) is 4.73. The zero-order valence-corrected chi connectivity index (χ0v) is 11.4. The molecule has 0 aromatic carbocycles. The molecule has 0 amide bonds. The summed E-state index contributed by atoms with van der Waals surface area (Å²) in [5.41, 5.74) is 0.728. The Labute approximate surface area is 108 Å². The molecule has 1 aromatic heterocycles. The first-order valence-corrected chi connectivity index (χ1v) is 7.66. The van der Waals surface area contributed by atoms with Crippen LogP contribution in [0.4, 0.5) is 0 Å². The Bertz CT molecular complexity index is 467. The van der Waals surface area contributed by atoms with Crippen LogP contribution in [0.15, 0.2) is 24.4 Å². The predicted octanol–water partition coefficient (Wildman–Crippen LogP) is 1.15. The summed E-state index contributed by atoms with van der Waals surface area (Å²) in [4.78, 5) is 4.09. The van der Waals surface area contributed by atoms with Crippen molar-refractivity contribution in [2.45, 2.75) is 26.3 Å². The molecule has 100 valence electrons. The van der Waals surface area contributed by atoms with E-state index in [1.807, 2.05) is 12.1 Å². The number of pyridine rings is 1.